The molecule has 18 heavy (non-hydrogen) atoms. The maximum absolute atomic E-state index is 6.04. The third-order valence-electron chi connectivity index (χ3n) is 2.76. The Labute approximate surface area is 126 Å². The summed E-state index contributed by atoms with van der Waals surface area (Å²) in [6.45, 7) is 6.72. The summed E-state index contributed by atoms with van der Waals surface area (Å²) < 4.78 is 0. The third-order valence-corrected chi connectivity index (χ3v) is 5.89. The van der Waals surface area contributed by atoms with Crippen LogP contribution in [-0.2, 0) is 5.41 Å². The van der Waals surface area contributed by atoms with Crippen molar-refractivity contribution in [3.05, 3.63) is 56.7 Å². The summed E-state index contributed by atoms with van der Waals surface area (Å²) in [5, 5.41) is 0.782. The molecule has 0 N–H and O–H groups in total. The number of alkyl halides is 1. The zero-order valence-corrected chi connectivity index (χ0v) is 13.9. The molecule has 1 aromatic heterocycles. The first-order valence-electron chi connectivity index (χ1n) is 5.87. The first kappa shape index (κ1) is 14.1. The van der Waals surface area contributed by atoms with Crippen molar-refractivity contribution < 1.29 is 0 Å². The molecule has 0 spiro atoms. The number of benzene rings is 1. The average molecular weight is 344 g/mol. The summed E-state index contributed by atoms with van der Waals surface area (Å²) in [6.07, 6.45) is 0. The van der Waals surface area contributed by atoms with Crippen molar-refractivity contribution in [1.82, 2.24) is 0 Å². The normalized spacial score (nSPS) is 13.6. The van der Waals surface area contributed by atoms with E-state index >= 15 is 0 Å². The lowest BCUT2D eigenvalue weighted by Gasteiger charge is -2.15. The quantitative estimate of drug-likeness (QED) is 0.571. The van der Waals surface area contributed by atoms with Gasteiger partial charge in [0.1, 0.15) is 0 Å². The predicted octanol–water partition coefficient (Wildman–Crippen LogP) is 6.18. The molecular formula is C15H16BrClS. The molecular weight excluding hydrogens is 328 g/mol. The van der Waals surface area contributed by atoms with Crippen molar-refractivity contribution in [3.8, 4) is 0 Å². The minimum atomic E-state index is 0.212. The van der Waals surface area contributed by atoms with E-state index in [1.165, 1.54) is 15.3 Å². The fourth-order valence-corrected chi connectivity index (χ4v) is 3.71. The number of halogens is 2. The third kappa shape index (κ3) is 3.17. The number of hydrogen-bond donors (Lipinski definition) is 0. The van der Waals surface area contributed by atoms with Crippen LogP contribution in [0, 0.1) is 0 Å². The number of thiophene rings is 1. The second kappa shape index (κ2) is 5.36. The molecule has 1 heterocycles. The van der Waals surface area contributed by atoms with Gasteiger partial charge in [0.15, 0.2) is 0 Å². The van der Waals surface area contributed by atoms with Crippen LogP contribution in [0.15, 0.2) is 36.4 Å². The highest BCUT2D eigenvalue weighted by atomic mass is 79.9. The fourth-order valence-electron chi connectivity index (χ4n) is 1.72. The van der Waals surface area contributed by atoms with E-state index in [0.717, 1.165) is 5.02 Å². The molecule has 0 fully saturated rings. The molecule has 0 saturated carbocycles. The summed E-state index contributed by atoms with van der Waals surface area (Å²) in [7, 11) is 0. The van der Waals surface area contributed by atoms with E-state index in [9.17, 15) is 0 Å². The van der Waals surface area contributed by atoms with E-state index in [2.05, 4.69) is 54.9 Å². The Morgan fingerprint density at radius 1 is 1.17 bits per heavy atom. The standard InChI is InChI=1S/C15H16BrClS/c1-15(2,3)13-8-7-12(18-13)14(16)10-5-4-6-11(17)9-10/h4-9,14H,1-3H3. The molecule has 0 amide bonds. The van der Waals surface area contributed by atoms with Gasteiger partial charge in [-0.1, -0.05) is 60.4 Å². The molecule has 2 aromatic rings. The maximum atomic E-state index is 6.04. The number of hydrogen-bond acceptors (Lipinski definition) is 1. The summed E-state index contributed by atoms with van der Waals surface area (Å²) in [4.78, 5) is 2.95. The molecule has 0 nitrogen and oxygen atoms in total. The topological polar surface area (TPSA) is 0 Å². The van der Waals surface area contributed by atoms with E-state index < -0.39 is 0 Å². The van der Waals surface area contributed by atoms with Crippen LogP contribution >= 0.6 is 38.9 Å². The van der Waals surface area contributed by atoms with Gasteiger partial charge in [-0.2, -0.15) is 0 Å². The van der Waals surface area contributed by atoms with Gasteiger partial charge in [0, 0.05) is 14.8 Å². The van der Waals surface area contributed by atoms with Gasteiger partial charge < -0.3 is 0 Å². The van der Waals surface area contributed by atoms with Crippen molar-refractivity contribution in [2.75, 3.05) is 0 Å². The molecule has 3 heteroatoms. The van der Waals surface area contributed by atoms with Gasteiger partial charge >= 0.3 is 0 Å². The largest absolute Gasteiger partial charge is 0.143 e. The smallest absolute Gasteiger partial charge is 0.0738 e. The van der Waals surface area contributed by atoms with E-state index in [1.54, 1.807) is 0 Å². The summed E-state index contributed by atoms with van der Waals surface area (Å²) >= 11 is 11.7. The number of rotatable bonds is 2. The maximum Gasteiger partial charge on any atom is 0.0738 e. The Kier molecular flexibility index (Phi) is 4.20. The van der Waals surface area contributed by atoms with Crippen LogP contribution in [0.1, 0.15) is 40.9 Å². The van der Waals surface area contributed by atoms with Crippen LogP contribution in [0.5, 0.6) is 0 Å². The molecule has 96 valence electrons. The van der Waals surface area contributed by atoms with Gasteiger partial charge in [0.25, 0.3) is 0 Å². The van der Waals surface area contributed by atoms with Crippen LogP contribution in [0.25, 0.3) is 0 Å². The Morgan fingerprint density at radius 3 is 2.44 bits per heavy atom. The Bertz CT molecular complexity index is 539. The SMILES string of the molecule is CC(C)(C)c1ccc(C(Br)c2cccc(Cl)c2)s1. The van der Waals surface area contributed by atoms with Crippen LogP contribution in [-0.4, -0.2) is 0 Å². The van der Waals surface area contributed by atoms with Gasteiger partial charge in [-0.3, -0.25) is 0 Å². The molecule has 0 radical (unpaired) electrons. The lowest BCUT2D eigenvalue weighted by Crippen LogP contribution is -2.07. The highest BCUT2D eigenvalue weighted by Crippen LogP contribution is 2.39. The average Bonchev–Trinajstić information content (AvgIpc) is 2.77. The van der Waals surface area contributed by atoms with Crippen molar-refractivity contribution in [2.45, 2.75) is 31.0 Å². The molecule has 0 aliphatic heterocycles. The van der Waals surface area contributed by atoms with E-state index in [-0.39, 0.29) is 10.2 Å². The lowest BCUT2D eigenvalue weighted by atomic mass is 9.95. The zero-order chi connectivity index (χ0) is 13.3. The molecule has 0 bridgehead atoms. The van der Waals surface area contributed by atoms with Gasteiger partial charge in [0.05, 0.1) is 4.83 Å². The minimum absolute atomic E-state index is 0.212. The first-order chi connectivity index (χ1) is 8.38. The second-order valence-electron chi connectivity index (χ2n) is 5.37. The molecule has 1 aromatic carbocycles. The molecule has 0 aliphatic rings. The van der Waals surface area contributed by atoms with Crippen molar-refractivity contribution in [3.63, 3.8) is 0 Å². The summed E-state index contributed by atoms with van der Waals surface area (Å²) in [5.74, 6) is 0. The van der Waals surface area contributed by atoms with Crippen LogP contribution in [0.3, 0.4) is 0 Å². The van der Waals surface area contributed by atoms with E-state index in [0.29, 0.717) is 0 Å². The fraction of sp³-hybridized carbons (Fsp3) is 0.333. The lowest BCUT2D eigenvalue weighted by molar-refractivity contribution is 0.604. The summed E-state index contributed by atoms with van der Waals surface area (Å²) in [5.41, 5.74) is 1.41. The van der Waals surface area contributed by atoms with Gasteiger partial charge in [0.2, 0.25) is 0 Å². The van der Waals surface area contributed by atoms with Gasteiger partial charge in [-0.25, -0.2) is 0 Å². The van der Waals surface area contributed by atoms with Crippen molar-refractivity contribution in [2.24, 2.45) is 0 Å². The molecule has 2 rings (SSSR count). The zero-order valence-electron chi connectivity index (χ0n) is 10.7. The van der Waals surface area contributed by atoms with Gasteiger partial charge in [-0.15, -0.1) is 11.3 Å². The Hall–Kier alpha value is -0.310. The second-order valence-corrected chi connectivity index (χ2v) is 7.84. The molecule has 0 aliphatic carbocycles. The van der Waals surface area contributed by atoms with E-state index in [1.807, 2.05) is 29.5 Å². The monoisotopic (exact) mass is 342 g/mol. The van der Waals surface area contributed by atoms with Crippen LogP contribution < -0.4 is 0 Å². The summed E-state index contributed by atoms with van der Waals surface area (Å²) in [6, 6.07) is 12.4. The van der Waals surface area contributed by atoms with Crippen molar-refractivity contribution in [1.29, 1.82) is 0 Å². The highest BCUT2D eigenvalue weighted by Gasteiger charge is 2.19. The van der Waals surface area contributed by atoms with Gasteiger partial charge in [-0.05, 0) is 35.2 Å². The highest BCUT2D eigenvalue weighted by molar-refractivity contribution is 9.09. The molecule has 1 atom stereocenters. The Balaban J connectivity index is 2.29. The Morgan fingerprint density at radius 2 is 1.89 bits per heavy atom. The van der Waals surface area contributed by atoms with E-state index in [4.69, 9.17) is 11.6 Å². The minimum Gasteiger partial charge on any atom is -0.143 e. The molecule has 0 saturated heterocycles. The van der Waals surface area contributed by atoms with Crippen molar-refractivity contribution >= 4 is 38.9 Å². The van der Waals surface area contributed by atoms with Crippen LogP contribution in [0.2, 0.25) is 5.02 Å². The molecule has 1 unspecified atom stereocenters. The first-order valence-corrected chi connectivity index (χ1v) is 7.98. The van der Waals surface area contributed by atoms with Crippen LogP contribution in [0.4, 0.5) is 0 Å². The predicted molar refractivity (Wildman–Crippen MR) is 85.2 cm³/mol.